The van der Waals surface area contributed by atoms with Crippen molar-refractivity contribution in [2.75, 3.05) is 13.2 Å². The molecule has 1 heterocycles. The maximum absolute atomic E-state index is 13.6. The van der Waals surface area contributed by atoms with E-state index in [-0.39, 0.29) is 23.4 Å². The average Bonchev–Trinajstić information content (AvgIpc) is 2.83. The van der Waals surface area contributed by atoms with E-state index in [1.807, 2.05) is 51.1 Å². The number of phenols is 1. The van der Waals surface area contributed by atoms with Crippen LogP contribution in [0.5, 0.6) is 11.5 Å². The van der Waals surface area contributed by atoms with Crippen molar-refractivity contribution in [3.8, 4) is 11.5 Å². The van der Waals surface area contributed by atoms with Crippen molar-refractivity contribution >= 4 is 17.5 Å². The number of hydrogen-bond acceptors (Lipinski definition) is 6. The highest BCUT2D eigenvalue weighted by Gasteiger charge is 2.45. The highest BCUT2D eigenvalue weighted by Crippen LogP contribution is 2.47. The molecule has 1 aliphatic heterocycles. The highest BCUT2D eigenvalue weighted by molar-refractivity contribution is 6.09. The predicted molar refractivity (Wildman–Crippen MR) is 130 cm³/mol. The van der Waals surface area contributed by atoms with Crippen molar-refractivity contribution in [1.82, 2.24) is 0 Å². The number of carbonyl (C=O) groups excluding carboxylic acids is 2. The van der Waals surface area contributed by atoms with Crippen LogP contribution >= 0.6 is 0 Å². The van der Waals surface area contributed by atoms with Gasteiger partial charge in [-0.25, -0.2) is 0 Å². The molecule has 2 aromatic rings. The van der Waals surface area contributed by atoms with E-state index in [1.165, 1.54) is 0 Å². The number of carbonyl (C=O) groups is 2. The maximum atomic E-state index is 13.6. The number of Topliss-reactive ketones (excluding diaryl/α,β-unsaturated/α-hetero) is 1. The molecule has 6 heteroatoms. The molecule has 34 heavy (non-hydrogen) atoms. The van der Waals surface area contributed by atoms with Gasteiger partial charge >= 0.3 is 5.97 Å². The molecule has 6 nitrogen and oxygen atoms in total. The summed E-state index contributed by atoms with van der Waals surface area (Å²) in [4.78, 5) is 31.6. The minimum Gasteiger partial charge on any atom is -0.504 e. The lowest BCUT2D eigenvalue weighted by Crippen LogP contribution is -2.38. The molecule has 1 N–H and O–H groups in total. The van der Waals surface area contributed by atoms with E-state index in [9.17, 15) is 14.7 Å². The van der Waals surface area contributed by atoms with Crippen molar-refractivity contribution in [1.29, 1.82) is 0 Å². The molecule has 2 aliphatic rings. The van der Waals surface area contributed by atoms with Gasteiger partial charge in [-0.2, -0.15) is 0 Å². The number of allylic oxidation sites excluding steroid dienone is 2. The van der Waals surface area contributed by atoms with E-state index in [0.29, 0.717) is 49.5 Å². The molecule has 0 amide bonds. The summed E-state index contributed by atoms with van der Waals surface area (Å²) in [6.45, 7) is 6.30. The van der Waals surface area contributed by atoms with Crippen LogP contribution in [-0.4, -0.2) is 35.8 Å². The number of esters is 1. The summed E-state index contributed by atoms with van der Waals surface area (Å²) in [5.74, 6) is -1.24. The number of nitrogens with zero attached hydrogens (tertiary/aromatic N) is 1. The summed E-state index contributed by atoms with van der Waals surface area (Å²) >= 11 is 0. The van der Waals surface area contributed by atoms with Crippen LogP contribution in [0, 0.1) is 5.92 Å². The first kappa shape index (κ1) is 23.7. The van der Waals surface area contributed by atoms with Crippen LogP contribution in [0.4, 0.5) is 0 Å². The fourth-order valence-electron chi connectivity index (χ4n) is 4.97. The molecule has 0 saturated carbocycles. The van der Waals surface area contributed by atoms with Gasteiger partial charge in [-0.1, -0.05) is 43.3 Å². The van der Waals surface area contributed by atoms with Crippen molar-refractivity contribution in [2.24, 2.45) is 10.9 Å². The van der Waals surface area contributed by atoms with E-state index in [2.05, 4.69) is 0 Å². The Hall–Kier alpha value is -3.41. The Morgan fingerprint density at radius 2 is 1.85 bits per heavy atom. The zero-order valence-corrected chi connectivity index (χ0v) is 19.9. The standard InChI is InChI=1S/C28H31NO5/c1-4-13-34-28(32)25-17(3)29-21-14-20(18-9-7-6-8-10-18)15-23(31)27(21)26(25)19-11-12-22(30)24(16-19)33-5-2/h6-12,16,20,25-26,30H,4-5,13-15H2,1-3H3/t20-,25?,26-/m1/s1. The number of hydrogen-bond donors (Lipinski definition) is 1. The average molecular weight is 462 g/mol. The topological polar surface area (TPSA) is 85.2 Å². The first-order chi connectivity index (χ1) is 16.4. The molecule has 0 saturated heterocycles. The number of ether oxygens (including phenoxy) is 2. The molecular weight excluding hydrogens is 430 g/mol. The molecule has 0 spiro atoms. The number of aromatic hydroxyl groups is 1. The smallest absolute Gasteiger partial charge is 0.315 e. The first-order valence-electron chi connectivity index (χ1n) is 11.9. The van der Waals surface area contributed by atoms with Gasteiger partial charge in [0, 0.05) is 29.3 Å². The quantitative estimate of drug-likeness (QED) is 0.564. The lowest BCUT2D eigenvalue weighted by Gasteiger charge is -2.36. The molecule has 0 aromatic heterocycles. The predicted octanol–water partition coefficient (Wildman–Crippen LogP) is 5.32. The van der Waals surface area contributed by atoms with Gasteiger partial charge in [0.25, 0.3) is 0 Å². The lowest BCUT2D eigenvalue weighted by molar-refractivity contribution is -0.146. The fraction of sp³-hybridized carbons (Fsp3) is 0.393. The third kappa shape index (κ3) is 4.63. The molecule has 3 atom stereocenters. The van der Waals surface area contributed by atoms with Gasteiger partial charge in [-0.15, -0.1) is 0 Å². The van der Waals surface area contributed by atoms with Gasteiger partial charge in [-0.05, 0) is 55.9 Å². The third-order valence-corrected chi connectivity index (χ3v) is 6.50. The molecular formula is C28H31NO5. The summed E-state index contributed by atoms with van der Waals surface area (Å²) < 4.78 is 11.1. The number of phenolic OH excluding ortho intramolecular Hbond substituents is 1. The number of benzene rings is 2. The van der Waals surface area contributed by atoms with E-state index in [4.69, 9.17) is 14.5 Å². The van der Waals surface area contributed by atoms with Crippen LogP contribution in [0.2, 0.25) is 0 Å². The summed E-state index contributed by atoms with van der Waals surface area (Å²) in [6, 6.07) is 15.0. The van der Waals surface area contributed by atoms with Gasteiger partial charge in [0.2, 0.25) is 0 Å². The van der Waals surface area contributed by atoms with Crippen LogP contribution in [-0.2, 0) is 14.3 Å². The summed E-state index contributed by atoms with van der Waals surface area (Å²) in [5.41, 5.74) is 3.78. The summed E-state index contributed by atoms with van der Waals surface area (Å²) in [6.07, 6.45) is 1.70. The number of aliphatic imine (C=N–C) groups is 1. The molecule has 0 radical (unpaired) electrons. The maximum Gasteiger partial charge on any atom is 0.315 e. The molecule has 1 aliphatic carbocycles. The van der Waals surface area contributed by atoms with Crippen LogP contribution in [0.25, 0.3) is 0 Å². The van der Waals surface area contributed by atoms with Crippen molar-refractivity contribution in [2.45, 2.75) is 51.9 Å². The van der Waals surface area contributed by atoms with Crippen LogP contribution in [0.1, 0.15) is 63.0 Å². The normalized spacial score (nSPS) is 22.1. The molecule has 178 valence electrons. The van der Waals surface area contributed by atoms with Crippen molar-refractivity contribution < 1.29 is 24.2 Å². The van der Waals surface area contributed by atoms with Crippen LogP contribution < -0.4 is 4.74 Å². The Morgan fingerprint density at radius 1 is 1.09 bits per heavy atom. The SMILES string of the molecule is CCCOC(=O)C1C(C)=NC2=C(C(=O)C[C@H](c3ccccc3)C2)[C@@H]1c1ccc(O)c(OCC)c1. The second kappa shape index (κ2) is 10.2. The van der Waals surface area contributed by atoms with Crippen molar-refractivity contribution in [3.05, 3.63) is 70.9 Å². The Bertz CT molecular complexity index is 1130. The second-order valence-electron chi connectivity index (χ2n) is 8.84. The first-order valence-corrected chi connectivity index (χ1v) is 11.9. The van der Waals surface area contributed by atoms with Crippen molar-refractivity contribution in [3.63, 3.8) is 0 Å². The highest BCUT2D eigenvalue weighted by atomic mass is 16.5. The van der Waals surface area contributed by atoms with Gasteiger partial charge in [0.15, 0.2) is 17.3 Å². The Labute approximate surface area is 200 Å². The fourth-order valence-corrected chi connectivity index (χ4v) is 4.97. The Kier molecular flexibility index (Phi) is 7.15. The van der Waals surface area contributed by atoms with E-state index < -0.39 is 11.8 Å². The van der Waals surface area contributed by atoms with Crippen LogP contribution in [0.3, 0.4) is 0 Å². The lowest BCUT2D eigenvalue weighted by atomic mass is 9.69. The number of ketones is 1. The van der Waals surface area contributed by atoms with Crippen LogP contribution in [0.15, 0.2) is 64.8 Å². The molecule has 2 aromatic carbocycles. The zero-order chi connectivity index (χ0) is 24.2. The van der Waals surface area contributed by atoms with E-state index >= 15 is 0 Å². The summed E-state index contributed by atoms with van der Waals surface area (Å²) in [5, 5.41) is 10.2. The Balaban J connectivity index is 1.81. The molecule has 4 rings (SSSR count). The third-order valence-electron chi connectivity index (χ3n) is 6.50. The monoisotopic (exact) mass is 461 g/mol. The number of rotatable bonds is 7. The molecule has 0 fully saturated rings. The van der Waals surface area contributed by atoms with E-state index in [1.54, 1.807) is 18.2 Å². The van der Waals surface area contributed by atoms with Gasteiger partial charge in [-0.3, -0.25) is 14.6 Å². The zero-order valence-electron chi connectivity index (χ0n) is 19.9. The van der Waals surface area contributed by atoms with Gasteiger partial charge in [0.1, 0.15) is 5.92 Å². The second-order valence-corrected chi connectivity index (χ2v) is 8.84. The summed E-state index contributed by atoms with van der Waals surface area (Å²) in [7, 11) is 0. The minimum atomic E-state index is -0.707. The van der Waals surface area contributed by atoms with E-state index in [0.717, 1.165) is 16.8 Å². The Morgan fingerprint density at radius 3 is 2.56 bits per heavy atom. The minimum absolute atomic E-state index is 0.00400. The van der Waals surface area contributed by atoms with Gasteiger partial charge in [0.05, 0.1) is 13.2 Å². The molecule has 1 unspecified atom stereocenters. The largest absolute Gasteiger partial charge is 0.504 e. The molecule has 0 bridgehead atoms. The van der Waals surface area contributed by atoms with Gasteiger partial charge < -0.3 is 14.6 Å².